The predicted octanol–water partition coefficient (Wildman–Crippen LogP) is -0.822. The van der Waals surface area contributed by atoms with Crippen LogP contribution in [0.2, 0.25) is 0 Å². The average molecular weight is 272 g/mol. The first-order valence-corrected chi connectivity index (χ1v) is 4.88. The van der Waals surface area contributed by atoms with Crippen molar-refractivity contribution in [2.45, 2.75) is 26.4 Å². The fourth-order valence-electron chi connectivity index (χ4n) is 1.26. The Morgan fingerprint density at radius 3 is 2.29 bits per heavy atom. The van der Waals surface area contributed by atoms with Gasteiger partial charge in [0.25, 0.3) is 0 Å². The summed E-state index contributed by atoms with van der Waals surface area (Å²) in [6, 6.07) is -0.0709. The number of rotatable bonds is 4. The monoisotopic (exact) mass is 272 g/mol. The van der Waals surface area contributed by atoms with Crippen LogP contribution >= 0.6 is 0 Å². The van der Waals surface area contributed by atoms with Crippen molar-refractivity contribution in [3.05, 3.63) is 34.9 Å². The van der Waals surface area contributed by atoms with Crippen LogP contribution in [-0.2, 0) is 6.54 Å². The van der Waals surface area contributed by atoms with Crippen molar-refractivity contribution in [1.82, 2.24) is 9.13 Å². The molecular formula is C9H13BF3KN2O. The summed E-state index contributed by atoms with van der Waals surface area (Å²) in [5.41, 5.74) is -1.32. The minimum atomic E-state index is -5.08. The minimum absolute atomic E-state index is 0. The summed E-state index contributed by atoms with van der Waals surface area (Å²) in [7, 11) is 0. The van der Waals surface area contributed by atoms with E-state index in [0.717, 1.165) is 4.57 Å². The van der Waals surface area contributed by atoms with Gasteiger partial charge in [0, 0.05) is 25.0 Å². The standard InChI is InChI=1S/C9H13BF3N2O.K/c1-7(2)15-5-4-14(9(15)16)6-8(3)10(11,12)13;/h4-5,7H,3,6H2,1-2H3;/q-1;+1. The van der Waals surface area contributed by atoms with Gasteiger partial charge in [0.1, 0.15) is 0 Å². The molecule has 0 unspecified atom stereocenters. The zero-order chi connectivity index (χ0) is 12.5. The molecule has 0 radical (unpaired) electrons. The van der Waals surface area contributed by atoms with Gasteiger partial charge in [0.2, 0.25) is 0 Å². The third-order valence-corrected chi connectivity index (χ3v) is 2.27. The van der Waals surface area contributed by atoms with Crippen LogP contribution < -0.4 is 57.1 Å². The molecule has 0 amide bonds. The first-order chi connectivity index (χ1) is 7.23. The van der Waals surface area contributed by atoms with Crippen molar-refractivity contribution in [2.75, 3.05) is 0 Å². The topological polar surface area (TPSA) is 26.9 Å². The van der Waals surface area contributed by atoms with Crippen molar-refractivity contribution in [2.24, 2.45) is 0 Å². The van der Waals surface area contributed by atoms with E-state index in [0.29, 0.717) is 0 Å². The maximum Gasteiger partial charge on any atom is 1.00 e. The Labute approximate surface area is 140 Å². The molecule has 1 aromatic rings. The number of aromatic nitrogens is 2. The van der Waals surface area contributed by atoms with Crippen LogP contribution in [0.3, 0.4) is 0 Å². The van der Waals surface area contributed by atoms with E-state index >= 15 is 0 Å². The van der Waals surface area contributed by atoms with Crippen LogP contribution in [0.15, 0.2) is 29.2 Å². The summed E-state index contributed by atoms with van der Waals surface area (Å²) in [6.45, 7) is 0.940. The van der Waals surface area contributed by atoms with E-state index in [-0.39, 0.29) is 57.4 Å². The number of hydrogen-bond acceptors (Lipinski definition) is 1. The summed E-state index contributed by atoms with van der Waals surface area (Å²) >= 11 is 0. The number of nitrogens with zero attached hydrogens (tertiary/aromatic N) is 2. The smallest absolute Gasteiger partial charge is 0.445 e. The maximum atomic E-state index is 12.3. The maximum absolute atomic E-state index is 12.3. The molecule has 3 nitrogen and oxygen atoms in total. The number of halogens is 3. The second-order valence-corrected chi connectivity index (χ2v) is 3.94. The quantitative estimate of drug-likeness (QED) is 0.658. The van der Waals surface area contributed by atoms with E-state index in [1.165, 1.54) is 17.0 Å². The van der Waals surface area contributed by atoms with E-state index in [1.807, 2.05) is 0 Å². The Balaban J connectivity index is 0.00000256. The third kappa shape index (κ3) is 4.44. The molecular weight excluding hydrogens is 259 g/mol. The van der Waals surface area contributed by atoms with Crippen LogP contribution in [0.4, 0.5) is 12.9 Å². The molecule has 8 heteroatoms. The predicted molar refractivity (Wildman–Crippen MR) is 57.3 cm³/mol. The van der Waals surface area contributed by atoms with Gasteiger partial charge in [-0.15, -0.1) is 12.1 Å². The van der Waals surface area contributed by atoms with Crippen LogP contribution in [0.5, 0.6) is 0 Å². The molecule has 0 bridgehead atoms. The molecule has 1 aromatic heterocycles. The zero-order valence-electron chi connectivity index (χ0n) is 10.2. The van der Waals surface area contributed by atoms with E-state index < -0.39 is 24.7 Å². The second-order valence-electron chi connectivity index (χ2n) is 3.94. The van der Waals surface area contributed by atoms with Gasteiger partial charge in [-0.3, -0.25) is 9.13 Å². The SMILES string of the molecule is C=C(Cn1ccn(C(C)C)c1=O)[B-](F)(F)F.[K+]. The molecule has 17 heavy (non-hydrogen) atoms. The van der Waals surface area contributed by atoms with Gasteiger partial charge >= 0.3 is 64.1 Å². The van der Waals surface area contributed by atoms with Gasteiger partial charge in [-0.1, -0.05) is 0 Å². The molecule has 90 valence electrons. The van der Waals surface area contributed by atoms with E-state index in [2.05, 4.69) is 6.58 Å². The van der Waals surface area contributed by atoms with Crippen molar-refractivity contribution in [3.63, 3.8) is 0 Å². The Bertz CT molecular complexity index is 450. The van der Waals surface area contributed by atoms with Crippen LogP contribution in [0.25, 0.3) is 0 Å². The third-order valence-electron chi connectivity index (χ3n) is 2.27. The molecule has 0 aliphatic rings. The largest absolute Gasteiger partial charge is 1.00 e. The minimum Gasteiger partial charge on any atom is -0.445 e. The summed E-state index contributed by atoms with van der Waals surface area (Å²) in [6.07, 6.45) is 2.82. The molecule has 0 spiro atoms. The van der Waals surface area contributed by atoms with Crippen molar-refractivity contribution in [3.8, 4) is 0 Å². The van der Waals surface area contributed by atoms with Gasteiger partial charge < -0.3 is 12.9 Å². The van der Waals surface area contributed by atoms with E-state index in [4.69, 9.17) is 0 Å². The molecule has 0 aliphatic carbocycles. The van der Waals surface area contributed by atoms with Crippen molar-refractivity contribution >= 4 is 6.98 Å². The van der Waals surface area contributed by atoms with Crippen LogP contribution in [0, 0.1) is 0 Å². The number of imidazole rings is 1. The van der Waals surface area contributed by atoms with Crippen LogP contribution in [0.1, 0.15) is 19.9 Å². The molecule has 0 atom stereocenters. The van der Waals surface area contributed by atoms with Crippen molar-refractivity contribution in [1.29, 1.82) is 0 Å². The van der Waals surface area contributed by atoms with Gasteiger partial charge in [-0.2, -0.15) is 0 Å². The van der Waals surface area contributed by atoms with E-state index in [9.17, 15) is 17.7 Å². The zero-order valence-corrected chi connectivity index (χ0v) is 13.3. The Hall–Kier alpha value is 0.241. The number of hydrogen-bond donors (Lipinski definition) is 0. The molecule has 0 saturated carbocycles. The molecule has 0 saturated heterocycles. The average Bonchev–Trinajstić information content (AvgIpc) is 2.46. The molecule has 0 N–H and O–H groups in total. The van der Waals surface area contributed by atoms with Gasteiger partial charge in [0.15, 0.2) is 0 Å². The second kappa shape index (κ2) is 6.42. The summed E-state index contributed by atoms with van der Waals surface area (Å²) in [4.78, 5) is 11.6. The molecule has 1 rings (SSSR count). The Kier molecular flexibility index (Phi) is 6.51. The van der Waals surface area contributed by atoms with E-state index in [1.54, 1.807) is 13.8 Å². The summed E-state index contributed by atoms with van der Waals surface area (Å²) < 4.78 is 39.2. The molecule has 1 heterocycles. The molecule has 0 aromatic carbocycles. The summed E-state index contributed by atoms with van der Waals surface area (Å²) in [5.74, 6) is 0. The van der Waals surface area contributed by atoms with Gasteiger partial charge in [0.05, 0.1) is 0 Å². The van der Waals surface area contributed by atoms with Gasteiger partial charge in [-0.05, 0) is 13.8 Å². The van der Waals surface area contributed by atoms with Gasteiger partial charge in [-0.25, -0.2) is 4.79 Å². The molecule has 0 fully saturated rings. The Morgan fingerprint density at radius 2 is 1.94 bits per heavy atom. The summed E-state index contributed by atoms with van der Waals surface area (Å²) in [5, 5.41) is 0. The fraction of sp³-hybridized carbons (Fsp3) is 0.444. The molecule has 0 aliphatic heterocycles. The first-order valence-electron chi connectivity index (χ1n) is 4.88. The van der Waals surface area contributed by atoms with Crippen molar-refractivity contribution < 1.29 is 64.3 Å². The fourth-order valence-corrected chi connectivity index (χ4v) is 1.26. The van der Waals surface area contributed by atoms with Crippen LogP contribution in [-0.4, -0.2) is 16.1 Å². The normalized spacial score (nSPS) is 11.4. The number of allylic oxidation sites excluding steroid dienone is 1. The first kappa shape index (κ1) is 17.2. The Morgan fingerprint density at radius 1 is 1.41 bits per heavy atom.